The van der Waals surface area contributed by atoms with Gasteiger partial charge in [0.25, 0.3) is 0 Å². The van der Waals surface area contributed by atoms with E-state index < -0.39 is 6.10 Å². The molecule has 36 heavy (non-hydrogen) atoms. The molecule has 0 aliphatic heterocycles. The molecule has 3 aromatic carbocycles. The van der Waals surface area contributed by atoms with E-state index in [-0.39, 0.29) is 6.61 Å². The number of aliphatic hydroxyl groups is 1. The zero-order chi connectivity index (χ0) is 25.8. The quantitative estimate of drug-likeness (QED) is 0.296. The number of hydrogen-bond donors (Lipinski definition) is 2. The summed E-state index contributed by atoms with van der Waals surface area (Å²) in [4.78, 5) is 0. The highest BCUT2D eigenvalue weighted by Crippen LogP contribution is 2.27. The Labute approximate surface area is 212 Å². The number of ether oxygens (including phenoxy) is 5. The lowest BCUT2D eigenvalue weighted by Crippen LogP contribution is -2.32. The molecule has 0 spiro atoms. The molecule has 0 saturated carbocycles. The van der Waals surface area contributed by atoms with Gasteiger partial charge in [0.1, 0.15) is 30.0 Å². The first-order valence-corrected chi connectivity index (χ1v) is 11.6. The monoisotopic (exact) mass is 491 g/mol. The molecule has 3 aromatic rings. The molecule has 2 N–H and O–H groups in total. The first-order chi connectivity index (χ1) is 17.6. The zero-order valence-corrected chi connectivity index (χ0v) is 21.2. The molecule has 0 aromatic heterocycles. The Morgan fingerprint density at radius 3 is 2.17 bits per heavy atom. The predicted octanol–water partition coefficient (Wildman–Crippen LogP) is 3.69. The molecular formula is C29H33NO6. The van der Waals surface area contributed by atoms with E-state index in [4.69, 9.17) is 23.7 Å². The second-order valence-corrected chi connectivity index (χ2v) is 7.95. The van der Waals surface area contributed by atoms with E-state index in [1.165, 1.54) is 0 Å². The van der Waals surface area contributed by atoms with E-state index in [0.717, 1.165) is 23.3 Å². The minimum absolute atomic E-state index is 0.119. The lowest BCUT2D eigenvalue weighted by molar-refractivity contribution is 0.106. The van der Waals surface area contributed by atoms with Crippen molar-refractivity contribution in [3.8, 4) is 40.6 Å². The molecule has 0 fully saturated rings. The largest absolute Gasteiger partial charge is 0.497 e. The van der Waals surface area contributed by atoms with Gasteiger partial charge in [-0.05, 0) is 67.1 Å². The minimum atomic E-state index is -0.691. The second kappa shape index (κ2) is 13.9. The number of methoxy groups -OCH3 is 4. The molecule has 0 radical (unpaired) electrons. The van der Waals surface area contributed by atoms with Crippen molar-refractivity contribution in [2.45, 2.75) is 12.5 Å². The molecule has 7 heteroatoms. The topological polar surface area (TPSA) is 78.4 Å². The van der Waals surface area contributed by atoms with E-state index in [9.17, 15) is 5.11 Å². The summed E-state index contributed by atoms with van der Waals surface area (Å²) in [5, 5.41) is 13.7. The van der Waals surface area contributed by atoms with Crippen molar-refractivity contribution >= 4 is 0 Å². The van der Waals surface area contributed by atoms with Gasteiger partial charge in [-0.1, -0.05) is 17.9 Å². The summed E-state index contributed by atoms with van der Waals surface area (Å²) in [6, 6.07) is 18.8. The molecule has 1 atom stereocenters. The van der Waals surface area contributed by atoms with Gasteiger partial charge < -0.3 is 34.1 Å². The first-order valence-electron chi connectivity index (χ1n) is 11.6. The first kappa shape index (κ1) is 26.7. The van der Waals surface area contributed by atoms with Crippen LogP contribution >= 0.6 is 0 Å². The zero-order valence-electron chi connectivity index (χ0n) is 21.2. The van der Waals surface area contributed by atoms with Crippen molar-refractivity contribution in [1.29, 1.82) is 0 Å². The number of rotatable bonds is 12. The third-order valence-corrected chi connectivity index (χ3v) is 5.47. The van der Waals surface area contributed by atoms with Crippen LogP contribution in [0.3, 0.4) is 0 Å². The molecule has 190 valence electrons. The maximum absolute atomic E-state index is 10.4. The average molecular weight is 492 g/mol. The third-order valence-electron chi connectivity index (χ3n) is 5.47. The second-order valence-electron chi connectivity index (χ2n) is 7.95. The SMILES string of the molecule is COc1ccc(C#Cc2ccc(OC)cc2OCC(O)CNCCc2ccc(OC)c(OC)c2)cc1. The Bertz CT molecular complexity index is 1170. The van der Waals surface area contributed by atoms with E-state index in [0.29, 0.717) is 41.7 Å². The molecular weight excluding hydrogens is 458 g/mol. The van der Waals surface area contributed by atoms with E-state index in [1.54, 1.807) is 34.5 Å². The lowest BCUT2D eigenvalue weighted by Gasteiger charge is -2.15. The number of benzene rings is 3. The van der Waals surface area contributed by atoms with Crippen LogP contribution in [0.15, 0.2) is 60.7 Å². The molecule has 0 aliphatic carbocycles. The summed E-state index contributed by atoms with van der Waals surface area (Å²) in [6.07, 6.45) is 0.0959. The Hall–Kier alpha value is -3.86. The van der Waals surface area contributed by atoms with Crippen LogP contribution in [0.5, 0.6) is 28.7 Å². The van der Waals surface area contributed by atoms with Crippen molar-refractivity contribution in [3.63, 3.8) is 0 Å². The van der Waals surface area contributed by atoms with Crippen LogP contribution in [-0.2, 0) is 6.42 Å². The van der Waals surface area contributed by atoms with Crippen molar-refractivity contribution in [2.75, 3.05) is 48.1 Å². The molecule has 0 heterocycles. The lowest BCUT2D eigenvalue weighted by atomic mass is 10.1. The van der Waals surface area contributed by atoms with E-state index in [2.05, 4.69) is 17.2 Å². The molecule has 3 rings (SSSR count). The van der Waals surface area contributed by atoms with Crippen molar-refractivity contribution < 1.29 is 28.8 Å². The van der Waals surface area contributed by atoms with E-state index in [1.807, 2.05) is 54.6 Å². The molecule has 7 nitrogen and oxygen atoms in total. The highest BCUT2D eigenvalue weighted by atomic mass is 16.5. The fourth-order valence-corrected chi connectivity index (χ4v) is 3.45. The maximum Gasteiger partial charge on any atom is 0.160 e. The van der Waals surface area contributed by atoms with Crippen LogP contribution in [0, 0.1) is 11.8 Å². The van der Waals surface area contributed by atoms with Crippen molar-refractivity contribution in [3.05, 3.63) is 77.4 Å². The fourth-order valence-electron chi connectivity index (χ4n) is 3.45. The van der Waals surface area contributed by atoms with Gasteiger partial charge in [-0.3, -0.25) is 0 Å². The van der Waals surface area contributed by atoms with Gasteiger partial charge in [0.2, 0.25) is 0 Å². The molecule has 0 bridgehead atoms. The molecule has 0 amide bonds. The van der Waals surface area contributed by atoms with Gasteiger partial charge in [-0.2, -0.15) is 0 Å². The van der Waals surface area contributed by atoms with Gasteiger partial charge in [-0.25, -0.2) is 0 Å². The van der Waals surface area contributed by atoms with Crippen LogP contribution in [0.25, 0.3) is 0 Å². The maximum atomic E-state index is 10.4. The summed E-state index contributed by atoms with van der Waals surface area (Å²) in [6.45, 7) is 1.21. The number of hydrogen-bond acceptors (Lipinski definition) is 7. The van der Waals surface area contributed by atoms with Gasteiger partial charge in [0.15, 0.2) is 11.5 Å². The van der Waals surface area contributed by atoms with Crippen LogP contribution in [-0.4, -0.2) is 59.3 Å². The van der Waals surface area contributed by atoms with Crippen LogP contribution in [0.1, 0.15) is 16.7 Å². The third kappa shape index (κ3) is 7.84. The van der Waals surface area contributed by atoms with Crippen LogP contribution < -0.4 is 29.0 Å². The Morgan fingerprint density at radius 1 is 0.750 bits per heavy atom. The van der Waals surface area contributed by atoms with Crippen molar-refractivity contribution in [2.24, 2.45) is 0 Å². The normalized spacial score (nSPS) is 11.1. The number of aliphatic hydroxyl groups excluding tert-OH is 1. The van der Waals surface area contributed by atoms with Gasteiger partial charge in [0.05, 0.1) is 34.0 Å². The summed E-state index contributed by atoms with van der Waals surface area (Å²) in [7, 11) is 6.46. The van der Waals surface area contributed by atoms with Gasteiger partial charge in [0, 0.05) is 18.2 Å². The highest BCUT2D eigenvalue weighted by molar-refractivity contribution is 5.53. The average Bonchev–Trinajstić information content (AvgIpc) is 2.93. The summed E-state index contributed by atoms with van der Waals surface area (Å²) < 4.78 is 27.0. The van der Waals surface area contributed by atoms with Crippen LogP contribution in [0.2, 0.25) is 0 Å². The Balaban J connectivity index is 1.53. The highest BCUT2D eigenvalue weighted by Gasteiger charge is 2.10. The minimum Gasteiger partial charge on any atom is -0.497 e. The summed E-state index contributed by atoms with van der Waals surface area (Å²) in [5.74, 6) is 9.67. The summed E-state index contributed by atoms with van der Waals surface area (Å²) >= 11 is 0. The van der Waals surface area contributed by atoms with Gasteiger partial charge >= 0.3 is 0 Å². The standard InChI is InChI=1S/C29H33NO6/c1-32-25-11-6-21(7-12-25)5-9-23-10-13-26(33-2)18-28(23)36-20-24(31)19-30-16-15-22-8-14-27(34-3)29(17-22)35-4/h6-8,10-14,17-18,24,30-31H,15-16,19-20H2,1-4H3. The fraction of sp³-hybridized carbons (Fsp3) is 0.310. The van der Waals surface area contributed by atoms with Crippen molar-refractivity contribution in [1.82, 2.24) is 5.32 Å². The Morgan fingerprint density at radius 2 is 1.47 bits per heavy atom. The number of nitrogens with one attached hydrogen (secondary N) is 1. The van der Waals surface area contributed by atoms with Crippen LogP contribution in [0.4, 0.5) is 0 Å². The predicted molar refractivity (Wildman–Crippen MR) is 140 cm³/mol. The van der Waals surface area contributed by atoms with Gasteiger partial charge in [-0.15, -0.1) is 0 Å². The molecule has 0 saturated heterocycles. The molecule has 0 aliphatic rings. The Kier molecular flexibility index (Phi) is 10.3. The smallest absolute Gasteiger partial charge is 0.160 e. The summed E-state index contributed by atoms with van der Waals surface area (Å²) in [5.41, 5.74) is 2.68. The van der Waals surface area contributed by atoms with E-state index >= 15 is 0 Å². The molecule has 1 unspecified atom stereocenters.